The van der Waals surface area contributed by atoms with Crippen LogP contribution >= 0.6 is 11.3 Å². The maximum absolute atomic E-state index is 13.2. The molecule has 0 spiro atoms. The summed E-state index contributed by atoms with van der Waals surface area (Å²) < 4.78 is 1.07. The first-order valence-electron chi connectivity index (χ1n) is 10.1. The lowest BCUT2D eigenvalue weighted by atomic mass is 10.1. The summed E-state index contributed by atoms with van der Waals surface area (Å²) in [4.78, 5) is 59.1. The molecule has 2 N–H and O–H groups in total. The molecule has 1 aromatic carbocycles. The lowest BCUT2D eigenvalue weighted by Gasteiger charge is -2.19. The second-order valence-corrected chi connectivity index (χ2v) is 8.37. The van der Waals surface area contributed by atoms with Gasteiger partial charge in [0.05, 0.1) is 21.9 Å². The lowest BCUT2D eigenvalue weighted by molar-refractivity contribution is 0.0696. The molecule has 0 saturated heterocycles. The topological polar surface area (TPSA) is 125 Å². The van der Waals surface area contributed by atoms with Crippen LogP contribution in [0.1, 0.15) is 45.5 Å². The van der Waals surface area contributed by atoms with Crippen molar-refractivity contribution in [2.45, 2.75) is 19.9 Å². The van der Waals surface area contributed by atoms with Crippen LogP contribution in [0.4, 0.5) is 5.69 Å². The second-order valence-electron chi connectivity index (χ2n) is 7.32. The molecule has 4 aromatic rings. The number of thiophene rings is 1. The molecule has 9 nitrogen and oxygen atoms in total. The first-order chi connectivity index (χ1) is 15.8. The van der Waals surface area contributed by atoms with Crippen LogP contribution in [-0.4, -0.2) is 38.1 Å². The van der Waals surface area contributed by atoms with Gasteiger partial charge in [-0.2, -0.15) is 0 Å². The number of hydrogen-bond donors (Lipinski definition) is 2. The molecule has 0 aliphatic rings. The average molecular weight is 465 g/mol. The summed E-state index contributed by atoms with van der Waals surface area (Å²) >= 11 is 1.05. The molecule has 1 unspecified atom stereocenters. The molecule has 3 aromatic heterocycles. The normalized spacial score (nSPS) is 11.9. The molecule has 168 valence electrons. The van der Waals surface area contributed by atoms with E-state index in [0.717, 1.165) is 15.9 Å². The number of anilines is 1. The molecular weight excluding hydrogens is 444 g/mol. The Morgan fingerprint density at radius 3 is 2.42 bits per heavy atom. The van der Waals surface area contributed by atoms with Crippen LogP contribution < -0.4 is 16.1 Å². The monoisotopic (exact) mass is 464 g/mol. The third-order valence-corrected chi connectivity index (χ3v) is 6.43. The van der Waals surface area contributed by atoms with Crippen molar-refractivity contribution in [2.75, 3.05) is 11.4 Å². The Morgan fingerprint density at radius 1 is 1.15 bits per heavy atom. The predicted octanol–water partition coefficient (Wildman–Crippen LogP) is 3.12. The van der Waals surface area contributed by atoms with Crippen molar-refractivity contribution in [1.29, 1.82) is 0 Å². The van der Waals surface area contributed by atoms with E-state index in [-0.39, 0.29) is 16.9 Å². The van der Waals surface area contributed by atoms with Crippen LogP contribution in [0.2, 0.25) is 0 Å². The van der Waals surface area contributed by atoms with Gasteiger partial charge < -0.3 is 10.0 Å². The number of rotatable bonds is 6. The number of fused-ring (bicyclic) bond motifs is 1. The van der Waals surface area contributed by atoms with Gasteiger partial charge in [0.15, 0.2) is 0 Å². The minimum atomic E-state index is -1.06. The van der Waals surface area contributed by atoms with Crippen molar-refractivity contribution in [3.05, 3.63) is 91.7 Å². The number of carboxylic acid groups (broad SMARTS) is 1. The molecule has 4 rings (SSSR count). The Morgan fingerprint density at radius 2 is 1.82 bits per heavy atom. The molecule has 0 radical (unpaired) electrons. The van der Waals surface area contributed by atoms with Gasteiger partial charge in [-0.05, 0) is 49.7 Å². The number of benzene rings is 1. The fourth-order valence-electron chi connectivity index (χ4n) is 3.63. The fraction of sp³-hybridized carbons (Fsp3) is 0.174. The molecule has 0 fully saturated rings. The molecule has 0 aliphatic heterocycles. The third kappa shape index (κ3) is 4.08. The van der Waals surface area contributed by atoms with Gasteiger partial charge in [-0.25, -0.2) is 9.59 Å². The Labute approximate surface area is 191 Å². The summed E-state index contributed by atoms with van der Waals surface area (Å²) in [6.07, 6.45) is 3.19. The average Bonchev–Trinajstić information content (AvgIpc) is 3.24. The predicted molar refractivity (Wildman–Crippen MR) is 126 cm³/mol. The van der Waals surface area contributed by atoms with E-state index < -0.39 is 23.3 Å². The summed E-state index contributed by atoms with van der Waals surface area (Å²) in [5.41, 5.74) is 0.265. The van der Waals surface area contributed by atoms with E-state index in [1.54, 1.807) is 48.5 Å². The fourth-order valence-corrected chi connectivity index (χ4v) is 4.62. The van der Waals surface area contributed by atoms with E-state index in [0.29, 0.717) is 27.5 Å². The van der Waals surface area contributed by atoms with Gasteiger partial charge in [0.1, 0.15) is 4.83 Å². The van der Waals surface area contributed by atoms with E-state index in [9.17, 15) is 19.2 Å². The minimum absolute atomic E-state index is 0.110. The molecule has 1 amide bonds. The zero-order valence-electron chi connectivity index (χ0n) is 17.8. The van der Waals surface area contributed by atoms with Gasteiger partial charge in [-0.3, -0.25) is 24.1 Å². The van der Waals surface area contributed by atoms with E-state index in [4.69, 9.17) is 5.11 Å². The first kappa shape index (κ1) is 22.2. The number of aromatic amines is 1. The van der Waals surface area contributed by atoms with E-state index in [1.165, 1.54) is 18.2 Å². The number of carbonyl (C=O) groups excluding carboxylic acids is 1. The summed E-state index contributed by atoms with van der Waals surface area (Å²) in [6, 6.07) is 10.3. The van der Waals surface area contributed by atoms with Crippen molar-refractivity contribution >= 4 is 39.1 Å². The number of nitrogens with zero attached hydrogens (tertiary/aromatic N) is 3. The second kappa shape index (κ2) is 8.83. The standard InChI is InChI=1S/C23H20N4O5S/c1-3-26(16-8-10-24-11-9-16)21(29)18-12-17-19(33-18)25-23(32)27(20(17)28)13(2)14-4-6-15(7-5-14)22(30)31/h4-13H,3H2,1-2H3,(H,25,32)(H,30,31). The Kier molecular flexibility index (Phi) is 5.93. The number of H-pyrrole nitrogens is 1. The number of carboxylic acids is 1. The van der Waals surface area contributed by atoms with Crippen molar-refractivity contribution in [1.82, 2.24) is 14.5 Å². The van der Waals surface area contributed by atoms with Gasteiger partial charge in [0.2, 0.25) is 0 Å². The highest BCUT2D eigenvalue weighted by Gasteiger charge is 2.22. The quantitative estimate of drug-likeness (QED) is 0.452. The first-order valence-corrected chi connectivity index (χ1v) is 11.0. The van der Waals surface area contributed by atoms with Gasteiger partial charge in [-0.1, -0.05) is 12.1 Å². The highest BCUT2D eigenvalue weighted by Crippen LogP contribution is 2.25. The molecular formula is C23H20N4O5S. The number of carbonyl (C=O) groups is 2. The number of pyridine rings is 1. The summed E-state index contributed by atoms with van der Waals surface area (Å²) in [5, 5.41) is 9.31. The van der Waals surface area contributed by atoms with Crippen molar-refractivity contribution in [3.63, 3.8) is 0 Å². The number of aromatic carboxylic acids is 1. The maximum atomic E-state index is 13.2. The SMILES string of the molecule is CCN(C(=O)c1cc2c(=O)n(C(C)c3ccc(C(=O)O)cc3)c(=O)[nH]c2s1)c1ccncc1. The van der Waals surface area contributed by atoms with Crippen LogP contribution in [0, 0.1) is 0 Å². The number of amides is 1. The molecule has 1 atom stereocenters. The highest BCUT2D eigenvalue weighted by molar-refractivity contribution is 7.20. The molecule has 33 heavy (non-hydrogen) atoms. The Hall–Kier alpha value is -4.05. The Balaban J connectivity index is 1.74. The van der Waals surface area contributed by atoms with Crippen LogP contribution in [0.3, 0.4) is 0 Å². The van der Waals surface area contributed by atoms with Crippen LogP contribution in [0.15, 0.2) is 64.4 Å². The van der Waals surface area contributed by atoms with E-state index in [1.807, 2.05) is 6.92 Å². The van der Waals surface area contributed by atoms with Crippen molar-refractivity contribution in [2.24, 2.45) is 0 Å². The largest absolute Gasteiger partial charge is 0.478 e. The summed E-state index contributed by atoms with van der Waals surface area (Å²) in [7, 11) is 0. The van der Waals surface area contributed by atoms with Gasteiger partial charge in [0, 0.05) is 24.6 Å². The summed E-state index contributed by atoms with van der Waals surface area (Å²) in [5.74, 6) is -1.34. The molecule has 0 bridgehead atoms. The van der Waals surface area contributed by atoms with Crippen molar-refractivity contribution < 1.29 is 14.7 Å². The van der Waals surface area contributed by atoms with Crippen LogP contribution in [-0.2, 0) is 0 Å². The molecule has 10 heteroatoms. The minimum Gasteiger partial charge on any atom is -0.478 e. The lowest BCUT2D eigenvalue weighted by Crippen LogP contribution is -2.37. The molecule has 0 saturated carbocycles. The third-order valence-electron chi connectivity index (χ3n) is 5.39. The smallest absolute Gasteiger partial charge is 0.335 e. The van der Waals surface area contributed by atoms with Crippen molar-refractivity contribution in [3.8, 4) is 0 Å². The Bertz CT molecular complexity index is 1450. The zero-order valence-corrected chi connectivity index (χ0v) is 18.6. The van der Waals surface area contributed by atoms with Gasteiger partial charge in [-0.15, -0.1) is 11.3 Å². The number of hydrogen-bond acceptors (Lipinski definition) is 6. The van der Waals surface area contributed by atoms with E-state index in [2.05, 4.69) is 9.97 Å². The molecule has 0 aliphatic carbocycles. The molecule has 3 heterocycles. The number of aromatic nitrogens is 3. The zero-order chi connectivity index (χ0) is 23.7. The maximum Gasteiger partial charge on any atom is 0.335 e. The number of nitrogens with one attached hydrogen (secondary N) is 1. The summed E-state index contributed by atoms with van der Waals surface area (Å²) in [6.45, 7) is 3.94. The van der Waals surface area contributed by atoms with Crippen LogP contribution in [0.5, 0.6) is 0 Å². The van der Waals surface area contributed by atoms with Crippen LogP contribution in [0.25, 0.3) is 10.2 Å². The van der Waals surface area contributed by atoms with Gasteiger partial charge >= 0.3 is 11.7 Å². The van der Waals surface area contributed by atoms with E-state index >= 15 is 0 Å². The van der Waals surface area contributed by atoms with Gasteiger partial charge in [0.25, 0.3) is 11.5 Å². The highest BCUT2D eigenvalue weighted by atomic mass is 32.1.